The number of carbonyl (C=O) groups excluding carboxylic acids is 1. The first kappa shape index (κ1) is 15.0. The lowest BCUT2D eigenvalue weighted by molar-refractivity contribution is 0.0574. The fourth-order valence-electron chi connectivity index (χ4n) is 1.83. The van der Waals surface area contributed by atoms with E-state index in [2.05, 4.69) is 9.72 Å². The summed E-state index contributed by atoms with van der Waals surface area (Å²) in [4.78, 5) is 26.5. The van der Waals surface area contributed by atoms with E-state index in [1.165, 1.54) is 18.2 Å². The van der Waals surface area contributed by atoms with Gasteiger partial charge >= 0.3 is 11.9 Å². The van der Waals surface area contributed by atoms with Gasteiger partial charge in [-0.25, -0.2) is 19.0 Å². The average molecular weight is 313 g/mol. The normalized spacial score (nSPS) is 10.4. The van der Waals surface area contributed by atoms with Crippen LogP contribution in [0.1, 0.15) is 26.5 Å². The van der Waals surface area contributed by atoms with Crippen LogP contribution in [-0.2, 0) is 11.3 Å². The standard InChI is InChI=1S/C13H10ClFN2O4/c1-21-13(20)10-11(12(18)19)17(6-16-10)5-7-8(14)3-2-4-9(7)15/h2-4,6H,5H2,1H3,(H,18,19). The van der Waals surface area contributed by atoms with E-state index in [1.54, 1.807) is 0 Å². The molecule has 2 rings (SSSR count). The second-order valence-electron chi connectivity index (χ2n) is 4.07. The van der Waals surface area contributed by atoms with E-state index in [4.69, 9.17) is 11.6 Å². The SMILES string of the molecule is COC(=O)c1ncn(Cc2c(F)cccc2Cl)c1C(=O)O. The number of ether oxygens (including phenoxy) is 1. The van der Waals surface area contributed by atoms with Crippen LogP contribution in [0.5, 0.6) is 0 Å². The summed E-state index contributed by atoms with van der Waals surface area (Å²) in [6.45, 7) is -0.170. The molecule has 6 nitrogen and oxygen atoms in total. The number of rotatable bonds is 4. The zero-order chi connectivity index (χ0) is 15.6. The molecule has 8 heteroatoms. The number of carbonyl (C=O) groups is 2. The van der Waals surface area contributed by atoms with E-state index < -0.39 is 17.8 Å². The minimum Gasteiger partial charge on any atom is -0.476 e. The van der Waals surface area contributed by atoms with Crippen molar-refractivity contribution in [3.8, 4) is 0 Å². The number of nitrogens with zero attached hydrogens (tertiary/aromatic N) is 2. The number of methoxy groups -OCH3 is 1. The van der Waals surface area contributed by atoms with E-state index in [1.807, 2.05) is 0 Å². The highest BCUT2D eigenvalue weighted by molar-refractivity contribution is 6.31. The zero-order valence-corrected chi connectivity index (χ0v) is 11.6. The number of carboxylic acid groups (broad SMARTS) is 1. The van der Waals surface area contributed by atoms with Crippen molar-refractivity contribution >= 4 is 23.5 Å². The Kier molecular flexibility index (Phi) is 4.23. The predicted molar refractivity (Wildman–Crippen MR) is 71.0 cm³/mol. The molecule has 0 fully saturated rings. The van der Waals surface area contributed by atoms with Gasteiger partial charge in [0.25, 0.3) is 0 Å². The summed E-state index contributed by atoms with van der Waals surface area (Å²) >= 11 is 5.90. The summed E-state index contributed by atoms with van der Waals surface area (Å²) in [5.74, 6) is -2.83. The Morgan fingerprint density at radius 1 is 1.48 bits per heavy atom. The van der Waals surface area contributed by atoms with E-state index in [-0.39, 0.29) is 28.5 Å². The molecule has 1 aromatic heterocycles. The van der Waals surface area contributed by atoms with Crippen LogP contribution in [-0.4, -0.2) is 33.7 Å². The van der Waals surface area contributed by atoms with E-state index in [9.17, 15) is 19.1 Å². The van der Waals surface area contributed by atoms with Gasteiger partial charge in [0.05, 0.1) is 20.0 Å². The van der Waals surface area contributed by atoms with Gasteiger partial charge in [-0.1, -0.05) is 17.7 Å². The third-order valence-corrected chi connectivity index (χ3v) is 3.16. The Morgan fingerprint density at radius 3 is 2.76 bits per heavy atom. The van der Waals surface area contributed by atoms with E-state index in [0.29, 0.717) is 0 Å². The van der Waals surface area contributed by atoms with Crippen LogP contribution in [0.3, 0.4) is 0 Å². The fourth-order valence-corrected chi connectivity index (χ4v) is 2.05. The highest BCUT2D eigenvalue weighted by Crippen LogP contribution is 2.21. The first-order valence-corrected chi connectivity index (χ1v) is 6.13. The Hall–Kier alpha value is -2.41. The van der Waals surface area contributed by atoms with Crippen molar-refractivity contribution in [1.29, 1.82) is 0 Å². The molecule has 1 heterocycles. The first-order valence-electron chi connectivity index (χ1n) is 5.75. The molecule has 21 heavy (non-hydrogen) atoms. The van der Waals surface area contributed by atoms with Gasteiger partial charge < -0.3 is 14.4 Å². The molecule has 0 unspecified atom stereocenters. The molecule has 0 radical (unpaired) electrons. The van der Waals surface area contributed by atoms with Gasteiger partial charge in [0.2, 0.25) is 0 Å². The summed E-state index contributed by atoms with van der Waals surface area (Å²) in [6, 6.07) is 4.13. The molecule has 0 spiro atoms. The number of aromatic carboxylic acids is 1. The Morgan fingerprint density at radius 2 is 2.19 bits per heavy atom. The van der Waals surface area contributed by atoms with Gasteiger partial charge in [0, 0.05) is 10.6 Å². The van der Waals surface area contributed by atoms with Gasteiger partial charge in [0.15, 0.2) is 11.4 Å². The number of aromatic nitrogens is 2. The number of hydrogen-bond donors (Lipinski definition) is 1. The van der Waals surface area contributed by atoms with Gasteiger partial charge in [-0.05, 0) is 12.1 Å². The van der Waals surface area contributed by atoms with Gasteiger partial charge in [-0.3, -0.25) is 0 Å². The van der Waals surface area contributed by atoms with Crippen molar-refractivity contribution in [2.45, 2.75) is 6.54 Å². The molecule has 0 saturated carbocycles. The van der Waals surface area contributed by atoms with E-state index >= 15 is 0 Å². The lowest BCUT2D eigenvalue weighted by atomic mass is 10.2. The number of halogens is 2. The minimum atomic E-state index is -1.37. The molecule has 2 aromatic rings. The average Bonchev–Trinajstić information content (AvgIpc) is 2.86. The maximum atomic E-state index is 13.7. The summed E-state index contributed by atoms with van der Waals surface area (Å²) in [6.07, 6.45) is 1.12. The number of imidazole rings is 1. The fraction of sp³-hybridized carbons (Fsp3) is 0.154. The number of benzene rings is 1. The Labute approximate surface area is 123 Å². The quantitative estimate of drug-likeness (QED) is 0.875. The lowest BCUT2D eigenvalue weighted by Gasteiger charge is -2.09. The van der Waals surface area contributed by atoms with Crippen molar-refractivity contribution in [2.75, 3.05) is 7.11 Å². The molecule has 0 aliphatic heterocycles. The minimum absolute atomic E-state index is 0.107. The van der Waals surface area contributed by atoms with Crippen LogP contribution in [0, 0.1) is 5.82 Å². The van der Waals surface area contributed by atoms with Gasteiger partial charge in [-0.2, -0.15) is 0 Å². The predicted octanol–water partition coefficient (Wildman–Crippen LogP) is 2.21. The molecule has 0 aliphatic carbocycles. The lowest BCUT2D eigenvalue weighted by Crippen LogP contribution is -2.15. The number of esters is 1. The van der Waals surface area contributed by atoms with Crippen LogP contribution in [0.25, 0.3) is 0 Å². The second-order valence-corrected chi connectivity index (χ2v) is 4.47. The molecule has 0 saturated heterocycles. The van der Waals surface area contributed by atoms with Crippen LogP contribution in [0.15, 0.2) is 24.5 Å². The molecular weight excluding hydrogens is 303 g/mol. The largest absolute Gasteiger partial charge is 0.476 e. The van der Waals surface area contributed by atoms with Crippen molar-refractivity contribution < 1.29 is 23.8 Å². The molecule has 1 aromatic carbocycles. The molecule has 0 aliphatic rings. The van der Waals surface area contributed by atoms with Crippen molar-refractivity contribution in [1.82, 2.24) is 9.55 Å². The summed E-state index contributed by atoms with van der Waals surface area (Å²) in [5.41, 5.74) is -0.630. The molecule has 110 valence electrons. The smallest absolute Gasteiger partial charge is 0.359 e. The molecule has 0 amide bonds. The third-order valence-electron chi connectivity index (χ3n) is 2.81. The van der Waals surface area contributed by atoms with Crippen molar-refractivity contribution in [2.24, 2.45) is 0 Å². The first-order chi connectivity index (χ1) is 9.95. The van der Waals surface area contributed by atoms with E-state index in [0.717, 1.165) is 18.0 Å². The number of carboxylic acids is 1. The summed E-state index contributed by atoms with van der Waals surface area (Å²) < 4.78 is 19.3. The Bertz CT molecular complexity index is 694. The monoisotopic (exact) mass is 312 g/mol. The van der Waals surface area contributed by atoms with Crippen molar-refractivity contribution in [3.63, 3.8) is 0 Å². The highest BCUT2D eigenvalue weighted by Gasteiger charge is 2.24. The molecule has 0 bridgehead atoms. The molecule has 1 N–H and O–H groups in total. The maximum Gasteiger partial charge on any atom is 0.359 e. The zero-order valence-electron chi connectivity index (χ0n) is 10.8. The summed E-state index contributed by atoms with van der Waals surface area (Å²) in [5, 5.41) is 9.35. The molecular formula is C13H10ClFN2O4. The topological polar surface area (TPSA) is 81.4 Å². The van der Waals surface area contributed by atoms with Crippen LogP contribution >= 0.6 is 11.6 Å². The highest BCUT2D eigenvalue weighted by atomic mass is 35.5. The van der Waals surface area contributed by atoms with Gasteiger partial charge in [-0.15, -0.1) is 0 Å². The number of hydrogen-bond acceptors (Lipinski definition) is 4. The maximum absolute atomic E-state index is 13.7. The van der Waals surface area contributed by atoms with Crippen LogP contribution in [0.2, 0.25) is 5.02 Å². The van der Waals surface area contributed by atoms with Crippen molar-refractivity contribution in [3.05, 3.63) is 52.3 Å². The van der Waals surface area contributed by atoms with Gasteiger partial charge in [0.1, 0.15) is 5.82 Å². The molecule has 0 atom stereocenters. The third kappa shape index (κ3) is 2.87. The van der Waals surface area contributed by atoms with Crippen LogP contribution < -0.4 is 0 Å². The second kappa shape index (κ2) is 5.92. The summed E-state index contributed by atoms with van der Waals surface area (Å²) in [7, 11) is 1.11. The van der Waals surface area contributed by atoms with Crippen LogP contribution in [0.4, 0.5) is 4.39 Å². The Balaban J connectivity index is 2.48.